The average Bonchev–Trinajstić information content (AvgIpc) is 2.88. The van der Waals surface area contributed by atoms with E-state index in [9.17, 15) is 18.0 Å². The molecule has 24 heavy (non-hydrogen) atoms. The fourth-order valence-electron chi connectivity index (χ4n) is 3.57. The molecule has 0 radical (unpaired) electrons. The maximum atomic E-state index is 12.8. The van der Waals surface area contributed by atoms with Crippen LogP contribution in [0.4, 0.5) is 13.2 Å². The first-order valence-corrected chi connectivity index (χ1v) is 8.40. The number of nitrogens with zero attached hydrogens (tertiary/aromatic N) is 3. The van der Waals surface area contributed by atoms with Crippen LogP contribution >= 0.6 is 0 Å². The van der Waals surface area contributed by atoms with E-state index in [-0.39, 0.29) is 37.4 Å². The summed E-state index contributed by atoms with van der Waals surface area (Å²) in [4.78, 5) is 14.0. The fraction of sp³-hybridized carbons (Fsp3) is 0.750. The van der Waals surface area contributed by atoms with Gasteiger partial charge in [0.05, 0.1) is 24.7 Å². The Hall–Kier alpha value is -1.57. The van der Waals surface area contributed by atoms with Crippen molar-refractivity contribution in [2.24, 2.45) is 5.92 Å². The molecule has 2 atom stereocenters. The topological polar surface area (TPSA) is 50.2 Å². The van der Waals surface area contributed by atoms with Crippen LogP contribution in [0, 0.1) is 12.8 Å². The first kappa shape index (κ1) is 17.3. The molecule has 1 aliphatic heterocycles. The van der Waals surface area contributed by atoms with Crippen molar-refractivity contribution in [1.29, 1.82) is 0 Å². The molecule has 0 unspecified atom stereocenters. The van der Waals surface area contributed by atoms with Crippen LogP contribution in [0.5, 0.6) is 0 Å². The molecule has 1 saturated heterocycles. The first-order valence-electron chi connectivity index (χ1n) is 8.40. The molecule has 1 amide bonds. The predicted molar refractivity (Wildman–Crippen MR) is 82.4 cm³/mol. The van der Waals surface area contributed by atoms with Crippen molar-refractivity contribution >= 4 is 5.91 Å². The number of likely N-dealkylation sites (tertiary alicyclic amines) is 1. The van der Waals surface area contributed by atoms with Gasteiger partial charge in [0.15, 0.2) is 0 Å². The molecule has 0 spiro atoms. The molecule has 0 aromatic carbocycles. The summed E-state index contributed by atoms with van der Waals surface area (Å²) in [6.07, 6.45) is 0.942. The maximum absolute atomic E-state index is 12.8. The summed E-state index contributed by atoms with van der Waals surface area (Å²) in [5.41, 5.74) is 1.10. The second-order valence-electron chi connectivity index (χ2n) is 7.02. The minimum atomic E-state index is -4.16. The van der Waals surface area contributed by atoms with Crippen LogP contribution in [0.3, 0.4) is 0 Å². The Bertz CT molecular complexity index is 580. The highest BCUT2D eigenvalue weighted by Crippen LogP contribution is 2.37. The molecular weight excluding hydrogens is 321 g/mol. The Morgan fingerprint density at radius 1 is 1.38 bits per heavy atom. The van der Waals surface area contributed by atoms with Crippen LogP contribution in [0.25, 0.3) is 0 Å². The summed E-state index contributed by atoms with van der Waals surface area (Å²) in [6.45, 7) is 3.70. The fourth-order valence-corrected chi connectivity index (χ4v) is 3.57. The van der Waals surface area contributed by atoms with E-state index in [4.69, 9.17) is 0 Å². The zero-order chi connectivity index (χ0) is 17.3. The zero-order valence-electron chi connectivity index (χ0n) is 13.7. The van der Waals surface area contributed by atoms with Gasteiger partial charge in [-0.2, -0.15) is 18.3 Å². The third kappa shape index (κ3) is 4.09. The molecule has 1 N–H and O–H groups in total. The molecule has 1 aliphatic carbocycles. The van der Waals surface area contributed by atoms with Crippen molar-refractivity contribution in [2.45, 2.75) is 50.9 Å². The summed E-state index contributed by atoms with van der Waals surface area (Å²) >= 11 is 0. The molecule has 2 fully saturated rings. The second-order valence-corrected chi connectivity index (χ2v) is 7.02. The lowest BCUT2D eigenvalue weighted by molar-refractivity contribution is -0.184. The van der Waals surface area contributed by atoms with Crippen LogP contribution in [0.1, 0.15) is 37.3 Å². The van der Waals surface area contributed by atoms with E-state index in [0.29, 0.717) is 12.8 Å². The molecule has 0 bridgehead atoms. The highest BCUT2D eigenvalue weighted by molar-refractivity contribution is 5.78. The van der Waals surface area contributed by atoms with Gasteiger partial charge in [0.25, 0.3) is 0 Å². The van der Waals surface area contributed by atoms with Gasteiger partial charge in [-0.1, -0.05) is 6.42 Å². The average molecular weight is 344 g/mol. The number of carbonyl (C=O) groups is 1. The van der Waals surface area contributed by atoms with Crippen molar-refractivity contribution in [2.75, 3.05) is 19.6 Å². The molecule has 8 heteroatoms. The van der Waals surface area contributed by atoms with Gasteiger partial charge < -0.3 is 5.32 Å². The molecule has 1 saturated carbocycles. The lowest BCUT2D eigenvalue weighted by Gasteiger charge is -2.39. The Labute approximate surface area is 139 Å². The Morgan fingerprint density at radius 2 is 2.12 bits per heavy atom. The zero-order valence-corrected chi connectivity index (χ0v) is 13.7. The van der Waals surface area contributed by atoms with Crippen LogP contribution in [-0.2, 0) is 4.79 Å². The highest BCUT2D eigenvalue weighted by atomic mass is 19.4. The van der Waals surface area contributed by atoms with Gasteiger partial charge in [0.2, 0.25) is 5.91 Å². The largest absolute Gasteiger partial charge is 0.391 e. The normalized spacial score (nSPS) is 26.2. The van der Waals surface area contributed by atoms with Crippen LogP contribution in [0.2, 0.25) is 0 Å². The van der Waals surface area contributed by atoms with Crippen LogP contribution in [-0.4, -0.2) is 52.4 Å². The maximum Gasteiger partial charge on any atom is 0.391 e. The van der Waals surface area contributed by atoms with Crippen molar-refractivity contribution in [3.8, 4) is 0 Å². The van der Waals surface area contributed by atoms with Gasteiger partial charge in [-0.25, -0.2) is 0 Å². The molecular formula is C16H23F3N4O. The minimum absolute atomic E-state index is 0.00439. The summed E-state index contributed by atoms with van der Waals surface area (Å²) in [5.74, 6) is -1.47. The predicted octanol–water partition coefficient (Wildman–Crippen LogP) is 2.29. The van der Waals surface area contributed by atoms with E-state index in [1.807, 2.05) is 22.7 Å². The Balaban J connectivity index is 1.40. The third-order valence-electron chi connectivity index (χ3n) is 4.91. The van der Waals surface area contributed by atoms with Gasteiger partial charge >= 0.3 is 6.18 Å². The molecule has 1 aromatic rings. The van der Waals surface area contributed by atoms with Gasteiger partial charge in [0.1, 0.15) is 0 Å². The number of nitrogens with one attached hydrogen (secondary N) is 1. The number of hydrogen-bond acceptors (Lipinski definition) is 3. The molecule has 134 valence electrons. The van der Waals surface area contributed by atoms with Crippen molar-refractivity contribution in [1.82, 2.24) is 20.0 Å². The van der Waals surface area contributed by atoms with E-state index in [1.54, 1.807) is 6.20 Å². The van der Waals surface area contributed by atoms with E-state index in [2.05, 4.69) is 10.4 Å². The number of halogens is 3. The van der Waals surface area contributed by atoms with Gasteiger partial charge in [-0.05, 0) is 31.7 Å². The van der Waals surface area contributed by atoms with Crippen LogP contribution < -0.4 is 5.32 Å². The van der Waals surface area contributed by atoms with E-state index < -0.39 is 12.1 Å². The van der Waals surface area contributed by atoms with E-state index >= 15 is 0 Å². The first-order chi connectivity index (χ1) is 11.3. The number of aromatic nitrogens is 2. The highest BCUT2D eigenvalue weighted by Gasteiger charge is 2.42. The smallest absolute Gasteiger partial charge is 0.352 e. The third-order valence-corrected chi connectivity index (χ3v) is 4.91. The molecule has 1 aromatic heterocycles. The number of rotatable bonds is 4. The Kier molecular flexibility index (Phi) is 4.85. The summed E-state index contributed by atoms with van der Waals surface area (Å²) in [7, 11) is 0. The monoisotopic (exact) mass is 344 g/mol. The van der Waals surface area contributed by atoms with Crippen molar-refractivity contribution in [3.05, 3.63) is 18.0 Å². The lowest BCUT2D eigenvalue weighted by atomic mass is 9.85. The molecule has 2 heterocycles. The lowest BCUT2D eigenvalue weighted by Crippen LogP contribution is -2.53. The van der Waals surface area contributed by atoms with Crippen LogP contribution in [0.15, 0.2) is 12.4 Å². The number of amides is 1. The quantitative estimate of drug-likeness (QED) is 0.912. The second kappa shape index (κ2) is 6.74. The molecule has 2 aliphatic rings. The molecule has 5 nitrogen and oxygen atoms in total. The van der Waals surface area contributed by atoms with E-state index in [1.165, 1.54) is 0 Å². The van der Waals surface area contributed by atoms with Crippen molar-refractivity contribution < 1.29 is 18.0 Å². The summed E-state index contributed by atoms with van der Waals surface area (Å²) < 4.78 is 40.3. The summed E-state index contributed by atoms with van der Waals surface area (Å²) in [6, 6.07) is -0.0838. The summed E-state index contributed by atoms with van der Waals surface area (Å²) in [5, 5.41) is 7.03. The SMILES string of the molecule is Cc1cnn(C2CN(CC(=O)N[C@H]3CCC[C@H](C(F)(F)F)C3)C2)c1. The minimum Gasteiger partial charge on any atom is -0.352 e. The van der Waals surface area contributed by atoms with E-state index in [0.717, 1.165) is 18.7 Å². The van der Waals surface area contributed by atoms with Crippen molar-refractivity contribution in [3.63, 3.8) is 0 Å². The van der Waals surface area contributed by atoms with Gasteiger partial charge in [0, 0.05) is 25.3 Å². The Morgan fingerprint density at radius 3 is 2.75 bits per heavy atom. The van der Waals surface area contributed by atoms with Gasteiger partial charge in [-0.15, -0.1) is 0 Å². The standard InChI is InChI=1S/C16H23F3N4O/c1-11-6-20-23(7-11)14-8-22(9-14)10-15(24)21-13-4-2-3-12(5-13)16(17,18)19/h6-7,12-14H,2-5,8-10H2,1H3,(H,21,24)/t12-,13-/m0/s1. The number of alkyl halides is 3. The number of carbonyl (C=O) groups excluding carboxylic acids is 1. The number of aryl methyl sites for hydroxylation is 1. The molecule has 3 rings (SSSR count). The number of hydrogen-bond donors (Lipinski definition) is 1. The van der Waals surface area contributed by atoms with Gasteiger partial charge in [-0.3, -0.25) is 14.4 Å².